The van der Waals surface area contributed by atoms with E-state index in [9.17, 15) is 13.2 Å². The van der Waals surface area contributed by atoms with E-state index in [2.05, 4.69) is 24.5 Å². The lowest BCUT2D eigenvalue weighted by Crippen LogP contribution is -2.44. The van der Waals surface area contributed by atoms with Gasteiger partial charge in [-0.05, 0) is 43.6 Å². The van der Waals surface area contributed by atoms with Crippen molar-refractivity contribution in [1.29, 1.82) is 0 Å². The number of rotatable bonds is 3. The third kappa shape index (κ3) is 3.61. The minimum absolute atomic E-state index is 0.00514. The number of nitrogens with one attached hydrogen (secondary N) is 1. The van der Waals surface area contributed by atoms with Crippen LogP contribution in [0, 0.1) is 6.92 Å². The highest BCUT2D eigenvalue weighted by molar-refractivity contribution is 7.14. The van der Waals surface area contributed by atoms with Gasteiger partial charge in [-0.3, -0.25) is 10.1 Å². The van der Waals surface area contributed by atoms with Gasteiger partial charge in [0.2, 0.25) is 0 Å². The van der Waals surface area contributed by atoms with Crippen LogP contribution in [0.3, 0.4) is 0 Å². The van der Waals surface area contributed by atoms with E-state index in [0.29, 0.717) is 52.7 Å². The Morgan fingerprint density at radius 2 is 2.09 bits per heavy atom. The maximum absolute atomic E-state index is 13.8. The van der Waals surface area contributed by atoms with Crippen LogP contribution >= 0.6 is 11.5 Å². The summed E-state index contributed by atoms with van der Waals surface area (Å²) in [5.74, 6) is 0.581. The molecule has 0 saturated carbocycles. The fourth-order valence-corrected chi connectivity index (χ4v) is 4.75. The Hall–Kier alpha value is -3.05. The molecule has 1 aliphatic heterocycles. The van der Waals surface area contributed by atoms with Gasteiger partial charge in [0.05, 0.1) is 35.3 Å². The quantitative estimate of drug-likeness (QED) is 0.478. The molecule has 0 aliphatic carbocycles. The molecule has 1 atom stereocenters. The molecule has 7 nitrogen and oxygen atoms in total. The van der Waals surface area contributed by atoms with E-state index < -0.39 is 11.9 Å². The number of alkyl halides is 3. The molecule has 4 aromatic rings. The summed E-state index contributed by atoms with van der Waals surface area (Å²) < 4.78 is 52.0. The standard InChI is InChI=1S/C21H19F3N6OS/c1-11-8-15(28-27-11)17-18-19(32-29-17)14(13-4-3-5-25-20(13)21(22,23)24)9-16(26-18)30-6-7-31-10-12(30)2/h3-5,8-9,12H,6-7,10H2,1-2H3,(H,27,28). The molecule has 0 aromatic carbocycles. The molecule has 5 heterocycles. The molecule has 0 amide bonds. The molecule has 1 aliphatic rings. The van der Waals surface area contributed by atoms with E-state index in [1.807, 2.05) is 19.9 Å². The van der Waals surface area contributed by atoms with Gasteiger partial charge in [0, 0.05) is 23.9 Å². The third-order valence-corrected chi connectivity index (χ3v) is 6.27. The van der Waals surface area contributed by atoms with Crippen LogP contribution in [0.2, 0.25) is 0 Å². The normalized spacial score (nSPS) is 17.3. The second-order valence-electron chi connectivity index (χ2n) is 7.67. The summed E-state index contributed by atoms with van der Waals surface area (Å²) in [6.45, 7) is 5.48. The third-order valence-electron chi connectivity index (χ3n) is 5.40. The maximum atomic E-state index is 13.8. The van der Waals surface area contributed by atoms with Gasteiger partial charge in [-0.15, -0.1) is 0 Å². The Morgan fingerprint density at radius 1 is 1.25 bits per heavy atom. The molecule has 0 bridgehead atoms. The van der Waals surface area contributed by atoms with Crippen molar-refractivity contribution in [2.75, 3.05) is 24.7 Å². The zero-order valence-corrected chi connectivity index (χ0v) is 18.1. The second-order valence-corrected chi connectivity index (χ2v) is 8.45. The number of ether oxygens (including phenoxy) is 1. The Balaban J connectivity index is 1.78. The monoisotopic (exact) mass is 460 g/mol. The van der Waals surface area contributed by atoms with E-state index in [0.717, 1.165) is 23.4 Å². The van der Waals surface area contributed by atoms with Crippen molar-refractivity contribution in [3.05, 3.63) is 41.9 Å². The van der Waals surface area contributed by atoms with E-state index in [4.69, 9.17) is 9.72 Å². The van der Waals surface area contributed by atoms with Crippen molar-refractivity contribution in [3.8, 4) is 22.5 Å². The van der Waals surface area contributed by atoms with Crippen molar-refractivity contribution in [2.45, 2.75) is 26.1 Å². The summed E-state index contributed by atoms with van der Waals surface area (Å²) in [4.78, 5) is 10.5. The minimum Gasteiger partial charge on any atom is -0.377 e. The molecule has 0 spiro atoms. The molecule has 1 unspecified atom stereocenters. The molecule has 11 heteroatoms. The number of aromatic nitrogens is 5. The highest BCUT2D eigenvalue weighted by Gasteiger charge is 2.36. The number of pyridine rings is 2. The number of anilines is 1. The zero-order chi connectivity index (χ0) is 22.5. The molecular formula is C21H19F3N6OS. The van der Waals surface area contributed by atoms with E-state index in [-0.39, 0.29) is 11.6 Å². The molecule has 32 heavy (non-hydrogen) atoms. The SMILES string of the molecule is Cc1cc(-c2nsc3c(-c4cccnc4C(F)(F)F)cc(N4CCOCC4C)nc23)[nH]n1. The highest BCUT2D eigenvalue weighted by atomic mass is 32.1. The summed E-state index contributed by atoms with van der Waals surface area (Å²) in [5, 5.41) is 7.09. The average Bonchev–Trinajstić information content (AvgIpc) is 3.38. The number of hydrogen-bond donors (Lipinski definition) is 1. The summed E-state index contributed by atoms with van der Waals surface area (Å²) in [6.07, 6.45) is -3.44. The highest BCUT2D eigenvalue weighted by Crippen LogP contribution is 2.42. The van der Waals surface area contributed by atoms with E-state index in [1.54, 1.807) is 6.07 Å². The van der Waals surface area contributed by atoms with Crippen LogP contribution in [0.15, 0.2) is 30.5 Å². The molecule has 1 saturated heterocycles. The minimum atomic E-state index is -4.59. The number of halogens is 3. The van der Waals surface area contributed by atoms with E-state index >= 15 is 0 Å². The van der Waals surface area contributed by atoms with Crippen LogP contribution in [-0.4, -0.2) is 50.3 Å². The van der Waals surface area contributed by atoms with Gasteiger partial charge >= 0.3 is 6.18 Å². The fraction of sp³-hybridized carbons (Fsp3) is 0.333. The van der Waals surface area contributed by atoms with Gasteiger partial charge in [-0.25, -0.2) is 4.98 Å². The Kier molecular flexibility index (Phi) is 5.09. The first kappa shape index (κ1) is 20.8. The van der Waals surface area contributed by atoms with Gasteiger partial charge in [0.25, 0.3) is 0 Å². The second kappa shape index (κ2) is 7.82. The Labute approximate surface area is 185 Å². The lowest BCUT2D eigenvalue weighted by molar-refractivity contribution is -0.140. The molecule has 166 valence electrons. The van der Waals surface area contributed by atoms with Gasteiger partial charge in [-0.1, -0.05) is 6.07 Å². The molecule has 1 fully saturated rings. The summed E-state index contributed by atoms with van der Waals surface area (Å²) in [6, 6.07) is 6.52. The smallest absolute Gasteiger partial charge is 0.377 e. The number of nitrogens with zero attached hydrogens (tertiary/aromatic N) is 5. The molecule has 5 rings (SSSR count). The van der Waals surface area contributed by atoms with Crippen molar-refractivity contribution < 1.29 is 17.9 Å². The van der Waals surface area contributed by atoms with Crippen molar-refractivity contribution in [1.82, 2.24) is 24.5 Å². The van der Waals surface area contributed by atoms with Crippen molar-refractivity contribution in [2.24, 2.45) is 0 Å². The number of morpholine rings is 1. The predicted molar refractivity (Wildman–Crippen MR) is 116 cm³/mol. The number of aryl methyl sites for hydroxylation is 1. The summed E-state index contributed by atoms with van der Waals surface area (Å²) >= 11 is 1.12. The van der Waals surface area contributed by atoms with Crippen LogP contribution in [0.5, 0.6) is 0 Å². The van der Waals surface area contributed by atoms with Crippen LogP contribution in [0.25, 0.3) is 32.7 Å². The van der Waals surface area contributed by atoms with Crippen LogP contribution in [0.1, 0.15) is 18.3 Å². The van der Waals surface area contributed by atoms with Crippen LogP contribution < -0.4 is 4.90 Å². The number of hydrogen-bond acceptors (Lipinski definition) is 7. The molecular weight excluding hydrogens is 441 g/mol. The summed E-state index contributed by atoms with van der Waals surface area (Å²) in [5.41, 5.74) is 2.02. The summed E-state index contributed by atoms with van der Waals surface area (Å²) in [7, 11) is 0. The van der Waals surface area contributed by atoms with Crippen LogP contribution in [-0.2, 0) is 10.9 Å². The lowest BCUT2D eigenvalue weighted by atomic mass is 10.0. The van der Waals surface area contributed by atoms with Crippen molar-refractivity contribution >= 4 is 27.6 Å². The Bertz CT molecular complexity index is 1280. The number of aromatic amines is 1. The first-order chi connectivity index (χ1) is 15.3. The van der Waals surface area contributed by atoms with Crippen molar-refractivity contribution in [3.63, 3.8) is 0 Å². The molecule has 0 radical (unpaired) electrons. The maximum Gasteiger partial charge on any atom is 0.433 e. The zero-order valence-electron chi connectivity index (χ0n) is 17.3. The topological polar surface area (TPSA) is 79.8 Å². The van der Waals surface area contributed by atoms with Crippen LogP contribution in [0.4, 0.5) is 19.0 Å². The first-order valence-corrected chi connectivity index (χ1v) is 10.8. The number of fused-ring (bicyclic) bond motifs is 1. The van der Waals surface area contributed by atoms with Gasteiger partial charge < -0.3 is 9.64 Å². The van der Waals surface area contributed by atoms with Gasteiger partial charge in [0.1, 0.15) is 17.0 Å². The predicted octanol–water partition coefficient (Wildman–Crippen LogP) is 4.70. The fourth-order valence-electron chi connectivity index (χ4n) is 3.89. The number of H-pyrrole nitrogens is 1. The largest absolute Gasteiger partial charge is 0.433 e. The molecule has 4 aromatic heterocycles. The lowest BCUT2D eigenvalue weighted by Gasteiger charge is -2.34. The van der Waals surface area contributed by atoms with E-state index in [1.165, 1.54) is 12.1 Å². The average molecular weight is 460 g/mol. The Morgan fingerprint density at radius 3 is 2.81 bits per heavy atom. The van der Waals surface area contributed by atoms with Gasteiger partial charge in [0.15, 0.2) is 5.69 Å². The first-order valence-electron chi connectivity index (χ1n) is 10.0. The van der Waals surface area contributed by atoms with Gasteiger partial charge in [-0.2, -0.15) is 22.6 Å². The molecule has 1 N–H and O–H groups in total.